The molecule has 2 rings (SSSR count). The zero-order valence-corrected chi connectivity index (χ0v) is 18.3. The Kier molecular flexibility index (Phi) is 7.59. The van der Waals surface area contributed by atoms with Gasteiger partial charge in [0.25, 0.3) is 10.0 Å². The van der Waals surface area contributed by atoms with E-state index < -0.39 is 44.2 Å². The van der Waals surface area contributed by atoms with Crippen LogP contribution in [0.4, 0.5) is 24.5 Å². The first kappa shape index (κ1) is 25.5. The number of nitrogens with one attached hydrogen (secondary N) is 2. The van der Waals surface area contributed by atoms with Crippen molar-refractivity contribution >= 4 is 39.4 Å². The lowest BCUT2D eigenvalue weighted by Crippen LogP contribution is -2.19. The van der Waals surface area contributed by atoms with Crippen LogP contribution in [0.25, 0.3) is 6.08 Å². The van der Waals surface area contributed by atoms with Gasteiger partial charge in [-0.1, -0.05) is 0 Å². The third-order valence-corrected chi connectivity index (χ3v) is 5.44. The predicted molar refractivity (Wildman–Crippen MR) is 113 cm³/mol. The Morgan fingerprint density at radius 3 is 2.27 bits per heavy atom. The van der Waals surface area contributed by atoms with Crippen LogP contribution < -0.4 is 19.5 Å². The van der Waals surface area contributed by atoms with Gasteiger partial charge in [0.15, 0.2) is 11.5 Å². The summed E-state index contributed by atoms with van der Waals surface area (Å²) >= 11 is 0. The molecule has 178 valence electrons. The van der Waals surface area contributed by atoms with Crippen LogP contribution in [0.5, 0.6) is 11.5 Å². The fourth-order valence-electron chi connectivity index (χ4n) is 2.76. The molecule has 0 bridgehead atoms. The molecule has 0 spiro atoms. The number of rotatable bonds is 8. The van der Waals surface area contributed by atoms with Crippen molar-refractivity contribution < 1.29 is 45.8 Å². The predicted octanol–water partition coefficient (Wildman–Crippen LogP) is 3.58. The molecule has 0 saturated heterocycles. The number of alkyl halides is 3. The Balaban J connectivity index is 2.64. The highest BCUT2D eigenvalue weighted by molar-refractivity contribution is 7.92. The van der Waals surface area contributed by atoms with Gasteiger partial charge in [-0.05, 0) is 42.0 Å². The normalized spacial score (nSPS) is 11.8. The second-order valence-electron chi connectivity index (χ2n) is 6.47. The fourth-order valence-corrected chi connectivity index (χ4v) is 4.06. The van der Waals surface area contributed by atoms with Crippen molar-refractivity contribution in [1.29, 1.82) is 0 Å². The van der Waals surface area contributed by atoms with E-state index in [-0.39, 0.29) is 22.7 Å². The Morgan fingerprint density at radius 1 is 1.09 bits per heavy atom. The van der Waals surface area contributed by atoms with Gasteiger partial charge in [0.05, 0.1) is 25.5 Å². The molecule has 0 radical (unpaired) electrons. The Labute approximate surface area is 186 Å². The zero-order chi connectivity index (χ0) is 25.0. The molecule has 0 aliphatic heterocycles. The van der Waals surface area contributed by atoms with Gasteiger partial charge in [-0.2, -0.15) is 13.2 Å². The molecule has 0 aliphatic carbocycles. The maximum Gasteiger partial charge on any atom is 0.418 e. The number of benzene rings is 2. The fraction of sp³-hybridized carbons (Fsp3) is 0.200. The molecule has 0 heterocycles. The highest BCUT2D eigenvalue weighted by atomic mass is 32.2. The first-order valence-corrected chi connectivity index (χ1v) is 10.5. The number of hydrogen-bond donors (Lipinski definition) is 3. The van der Waals surface area contributed by atoms with E-state index in [4.69, 9.17) is 14.6 Å². The van der Waals surface area contributed by atoms with Crippen molar-refractivity contribution in [3.05, 3.63) is 47.5 Å². The number of hydrogen-bond acceptors (Lipinski definition) is 6. The lowest BCUT2D eigenvalue weighted by Gasteiger charge is -2.18. The molecule has 0 atom stereocenters. The Bertz CT molecular complexity index is 1210. The van der Waals surface area contributed by atoms with Crippen molar-refractivity contribution in [3.8, 4) is 11.5 Å². The van der Waals surface area contributed by atoms with Gasteiger partial charge in [0.2, 0.25) is 5.91 Å². The molecule has 0 unspecified atom stereocenters. The van der Waals surface area contributed by atoms with Crippen LogP contribution in [0.1, 0.15) is 18.1 Å². The van der Waals surface area contributed by atoms with Crippen molar-refractivity contribution in [3.63, 3.8) is 0 Å². The second kappa shape index (κ2) is 9.81. The summed E-state index contributed by atoms with van der Waals surface area (Å²) in [7, 11) is -2.36. The molecule has 2 aromatic rings. The first-order valence-electron chi connectivity index (χ1n) is 8.97. The van der Waals surface area contributed by atoms with Crippen LogP contribution in [0.15, 0.2) is 41.3 Å². The summed E-state index contributed by atoms with van der Waals surface area (Å²) in [5, 5.41) is 11.0. The maximum atomic E-state index is 13.6. The first-order chi connectivity index (χ1) is 15.3. The van der Waals surface area contributed by atoms with Gasteiger partial charge < -0.3 is 19.9 Å². The Hall–Kier alpha value is -3.74. The summed E-state index contributed by atoms with van der Waals surface area (Å²) in [4.78, 5) is 21.4. The van der Waals surface area contributed by atoms with E-state index in [1.54, 1.807) is 0 Å². The van der Waals surface area contributed by atoms with Crippen LogP contribution in [0, 0.1) is 0 Å². The molecule has 3 N–H and O–H groups in total. The van der Waals surface area contributed by atoms with Crippen molar-refractivity contribution in [2.75, 3.05) is 24.3 Å². The molecule has 33 heavy (non-hydrogen) atoms. The van der Waals surface area contributed by atoms with E-state index in [0.717, 1.165) is 44.4 Å². The van der Waals surface area contributed by atoms with Crippen molar-refractivity contribution in [2.45, 2.75) is 18.0 Å². The quantitative estimate of drug-likeness (QED) is 0.484. The highest BCUT2D eigenvalue weighted by Gasteiger charge is 2.36. The number of carboxylic acid groups (broad SMARTS) is 1. The number of sulfonamides is 1. The number of aliphatic carboxylic acids is 1. The van der Waals surface area contributed by atoms with E-state index in [0.29, 0.717) is 6.07 Å². The van der Waals surface area contributed by atoms with Crippen molar-refractivity contribution in [1.82, 2.24) is 0 Å². The summed E-state index contributed by atoms with van der Waals surface area (Å²) < 4.78 is 78.9. The zero-order valence-electron chi connectivity index (χ0n) is 17.5. The molecule has 2 aromatic carbocycles. The minimum Gasteiger partial charge on any atom is -0.493 e. The number of carbonyl (C=O) groups excluding carboxylic acids is 1. The summed E-state index contributed by atoms with van der Waals surface area (Å²) in [6, 6.07) is 4.84. The monoisotopic (exact) mass is 488 g/mol. The minimum absolute atomic E-state index is 0.0764. The minimum atomic E-state index is -4.96. The van der Waals surface area contributed by atoms with E-state index in [1.807, 2.05) is 4.72 Å². The number of halogens is 3. The third-order valence-electron chi connectivity index (χ3n) is 4.06. The standard InChI is InChI=1S/C20H19F3N2O7S/c1-11(26)24-13-5-6-15(14(10-13)20(21,22)23)25-33(29,30)17-9-12(4-7-18(27)28)8-16(31-2)19(17)32-3/h4-10,25H,1-3H3,(H,24,26)(H,27,28)/b7-4+. The number of carboxylic acids is 1. The average Bonchev–Trinajstić information content (AvgIpc) is 2.71. The largest absolute Gasteiger partial charge is 0.493 e. The van der Waals surface area contributed by atoms with Gasteiger partial charge in [0.1, 0.15) is 4.90 Å². The van der Waals surface area contributed by atoms with Crippen LogP contribution in [0.2, 0.25) is 0 Å². The molecule has 0 saturated carbocycles. The lowest BCUT2D eigenvalue weighted by molar-refractivity contribution is -0.137. The maximum absolute atomic E-state index is 13.6. The highest BCUT2D eigenvalue weighted by Crippen LogP contribution is 2.40. The van der Waals surface area contributed by atoms with Crippen LogP contribution >= 0.6 is 0 Å². The topological polar surface area (TPSA) is 131 Å². The van der Waals surface area contributed by atoms with E-state index in [2.05, 4.69) is 5.32 Å². The van der Waals surface area contributed by atoms with Crippen molar-refractivity contribution in [2.24, 2.45) is 0 Å². The van der Waals surface area contributed by atoms with Crippen LogP contribution in [-0.2, 0) is 25.8 Å². The number of anilines is 2. The lowest BCUT2D eigenvalue weighted by atomic mass is 10.1. The molecule has 0 aliphatic rings. The molecule has 0 fully saturated rings. The summed E-state index contributed by atoms with van der Waals surface area (Å²) in [6.07, 6.45) is -3.14. The average molecular weight is 488 g/mol. The molecule has 9 nitrogen and oxygen atoms in total. The summed E-state index contributed by atoms with van der Waals surface area (Å²) in [6.45, 7) is 1.11. The second-order valence-corrected chi connectivity index (χ2v) is 8.12. The number of methoxy groups -OCH3 is 2. The molecular weight excluding hydrogens is 469 g/mol. The van der Waals surface area contributed by atoms with E-state index in [1.165, 1.54) is 13.2 Å². The number of ether oxygens (including phenoxy) is 2. The number of amides is 1. The molecule has 13 heteroatoms. The van der Waals surface area contributed by atoms with Gasteiger partial charge in [-0.15, -0.1) is 0 Å². The van der Waals surface area contributed by atoms with Crippen LogP contribution in [0.3, 0.4) is 0 Å². The van der Waals surface area contributed by atoms with Gasteiger partial charge >= 0.3 is 12.1 Å². The SMILES string of the molecule is COc1cc(/C=C/C(=O)O)cc(S(=O)(=O)Nc2ccc(NC(C)=O)cc2C(F)(F)F)c1OC. The van der Waals surface area contributed by atoms with E-state index >= 15 is 0 Å². The molecule has 0 aromatic heterocycles. The van der Waals surface area contributed by atoms with Crippen LogP contribution in [-0.4, -0.2) is 39.6 Å². The third kappa shape index (κ3) is 6.38. The van der Waals surface area contributed by atoms with E-state index in [9.17, 15) is 31.2 Å². The van der Waals surface area contributed by atoms with Gasteiger partial charge in [0, 0.05) is 18.7 Å². The Morgan fingerprint density at radius 2 is 1.76 bits per heavy atom. The summed E-state index contributed by atoms with van der Waals surface area (Å²) in [5.41, 5.74) is -2.25. The number of carbonyl (C=O) groups is 2. The van der Waals surface area contributed by atoms with Gasteiger partial charge in [-0.25, -0.2) is 13.2 Å². The summed E-state index contributed by atoms with van der Waals surface area (Å²) in [5.74, 6) is -2.32. The molecule has 1 amide bonds. The van der Waals surface area contributed by atoms with Gasteiger partial charge in [-0.3, -0.25) is 9.52 Å². The molecular formula is C20H19F3N2O7S. The smallest absolute Gasteiger partial charge is 0.418 e.